The zero-order chi connectivity index (χ0) is 14.9. The van der Waals surface area contributed by atoms with E-state index in [1.165, 1.54) is 37.9 Å². The number of halogens is 1. The zero-order valence-electron chi connectivity index (χ0n) is 12.4. The lowest BCUT2D eigenvalue weighted by atomic mass is 10.1. The first kappa shape index (κ1) is 16.5. The van der Waals surface area contributed by atoms with E-state index < -0.39 is 0 Å². The Kier molecular flexibility index (Phi) is 7.27. The number of benzene rings is 1. The molecule has 0 atom stereocenters. The van der Waals surface area contributed by atoms with Gasteiger partial charge in [0.2, 0.25) is 0 Å². The number of piperidine rings is 1. The van der Waals surface area contributed by atoms with E-state index in [1.807, 2.05) is 12.1 Å². The third-order valence-corrected chi connectivity index (χ3v) is 4.32. The van der Waals surface area contributed by atoms with Crippen molar-refractivity contribution in [1.82, 2.24) is 15.5 Å². The SMILES string of the molecule is S=C(NCCc1ccc(Cl)cc1)NCCN1CCCCC1. The smallest absolute Gasteiger partial charge is 0.166 e. The fourth-order valence-corrected chi connectivity index (χ4v) is 2.87. The molecular weight excluding hydrogens is 302 g/mol. The van der Waals surface area contributed by atoms with Crippen molar-refractivity contribution >= 4 is 28.9 Å². The van der Waals surface area contributed by atoms with Gasteiger partial charge in [0.05, 0.1) is 0 Å². The molecule has 0 unspecified atom stereocenters. The summed E-state index contributed by atoms with van der Waals surface area (Å²) in [6, 6.07) is 7.95. The van der Waals surface area contributed by atoms with Crippen molar-refractivity contribution in [2.45, 2.75) is 25.7 Å². The molecule has 116 valence electrons. The van der Waals surface area contributed by atoms with Crippen molar-refractivity contribution in [1.29, 1.82) is 0 Å². The van der Waals surface area contributed by atoms with Gasteiger partial charge in [-0.25, -0.2) is 0 Å². The second-order valence-corrected chi connectivity index (χ2v) is 6.31. The van der Waals surface area contributed by atoms with Gasteiger partial charge in [0.25, 0.3) is 0 Å². The van der Waals surface area contributed by atoms with Crippen molar-refractivity contribution in [3.8, 4) is 0 Å². The molecule has 5 heteroatoms. The largest absolute Gasteiger partial charge is 0.362 e. The van der Waals surface area contributed by atoms with Gasteiger partial charge in [-0.3, -0.25) is 0 Å². The van der Waals surface area contributed by atoms with Crippen LogP contribution in [0.3, 0.4) is 0 Å². The predicted octanol–water partition coefficient (Wildman–Crippen LogP) is 2.83. The van der Waals surface area contributed by atoms with E-state index in [4.69, 9.17) is 23.8 Å². The highest BCUT2D eigenvalue weighted by molar-refractivity contribution is 7.80. The fourth-order valence-electron chi connectivity index (χ4n) is 2.54. The van der Waals surface area contributed by atoms with Gasteiger partial charge in [-0.05, 0) is 62.3 Å². The van der Waals surface area contributed by atoms with Gasteiger partial charge in [0.15, 0.2) is 5.11 Å². The van der Waals surface area contributed by atoms with Gasteiger partial charge in [-0.1, -0.05) is 30.2 Å². The average Bonchev–Trinajstić information content (AvgIpc) is 2.50. The van der Waals surface area contributed by atoms with Gasteiger partial charge in [0, 0.05) is 24.7 Å². The summed E-state index contributed by atoms with van der Waals surface area (Å²) in [5.41, 5.74) is 1.27. The van der Waals surface area contributed by atoms with Crippen LogP contribution in [0.2, 0.25) is 5.02 Å². The fraction of sp³-hybridized carbons (Fsp3) is 0.562. The Morgan fingerprint density at radius 3 is 2.43 bits per heavy atom. The van der Waals surface area contributed by atoms with E-state index in [0.29, 0.717) is 0 Å². The van der Waals surface area contributed by atoms with Crippen LogP contribution in [-0.4, -0.2) is 42.7 Å². The third kappa shape index (κ3) is 6.64. The molecule has 2 N–H and O–H groups in total. The Labute approximate surface area is 138 Å². The van der Waals surface area contributed by atoms with Gasteiger partial charge < -0.3 is 15.5 Å². The number of rotatable bonds is 6. The summed E-state index contributed by atoms with van der Waals surface area (Å²) >= 11 is 11.2. The van der Waals surface area contributed by atoms with Crippen LogP contribution in [0, 0.1) is 0 Å². The molecule has 21 heavy (non-hydrogen) atoms. The summed E-state index contributed by atoms with van der Waals surface area (Å²) in [5, 5.41) is 8.07. The van der Waals surface area contributed by atoms with Crippen LogP contribution in [0.5, 0.6) is 0 Å². The van der Waals surface area contributed by atoms with E-state index in [0.717, 1.165) is 36.2 Å². The van der Waals surface area contributed by atoms with Gasteiger partial charge in [-0.15, -0.1) is 0 Å². The molecule has 0 bridgehead atoms. The van der Waals surface area contributed by atoms with Crippen LogP contribution in [0.1, 0.15) is 24.8 Å². The summed E-state index contributed by atoms with van der Waals surface area (Å²) in [4.78, 5) is 2.51. The third-order valence-electron chi connectivity index (χ3n) is 3.77. The molecule has 1 aliphatic heterocycles. The van der Waals surface area contributed by atoms with E-state index in [-0.39, 0.29) is 0 Å². The van der Waals surface area contributed by atoms with E-state index in [1.54, 1.807) is 0 Å². The maximum Gasteiger partial charge on any atom is 0.166 e. The minimum atomic E-state index is 0.751. The zero-order valence-corrected chi connectivity index (χ0v) is 14.0. The minimum absolute atomic E-state index is 0.751. The number of nitrogens with zero attached hydrogens (tertiary/aromatic N) is 1. The number of hydrogen-bond donors (Lipinski definition) is 2. The summed E-state index contributed by atoms with van der Waals surface area (Å²) in [7, 11) is 0. The topological polar surface area (TPSA) is 27.3 Å². The van der Waals surface area contributed by atoms with Crippen molar-refractivity contribution < 1.29 is 0 Å². The van der Waals surface area contributed by atoms with Gasteiger partial charge >= 0.3 is 0 Å². The molecule has 1 fully saturated rings. The summed E-state index contributed by atoms with van der Waals surface area (Å²) in [6.45, 7) is 5.32. The average molecular weight is 326 g/mol. The highest BCUT2D eigenvalue weighted by atomic mass is 35.5. The molecule has 2 rings (SSSR count). The maximum absolute atomic E-state index is 5.87. The van der Waals surface area contributed by atoms with E-state index in [2.05, 4.69) is 27.7 Å². The summed E-state index contributed by atoms with van der Waals surface area (Å²) in [5.74, 6) is 0. The Morgan fingerprint density at radius 1 is 1.05 bits per heavy atom. The molecule has 0 saturated carbocycles. The van der Waals surface area contributed by atoms with Crippen LogP contribution in [-0.2, 0) is 6.42 Å². The molecule has 1 saturated heterocycles. The van der Waals surface area contributed by atoms with Crippen molar-refractivity contribution in [3.05, 3.63) is 34.9 Å². The molecule has 0 aromatic heterocycles. The molecule has 1 aromatic rings. The van der Waals surface area contributed by atoms with Crippen LogP contribution in [0.25, 0.3) is 0 Å². The first-order valence-electron chi connectivity index (χ1n) is 7.72. The lowest BCUT2D eigenvalue weighted by Gasteiger charge is -2.26. The minimum Gasteiger partial charge on any atom is -0.362 e. The summed E-state index contributed by atoms with van der Waals surface area (Å²) < 4.78 is 0. The molecule has 0 radical (unpaired) electrons. The second-order valence-electron chi connectivity index (χ2n) is 5.46. The van der Waals surface area contributed by atoms with E-state index in [9.17, 15) is 0 Å². The lowest BCUT2D eigenvalue weighted by molar-refractivity contribution is 0.232. The quantitative estimate of drug-likeness (QED) is 0.787. The van der Waals surface area contributed by atoms with Crippen molar-refractivity contribution in [3.63, 3.8) is 0 Å². The molecule has 3 nitrogen and oxygen atoms in total. The molecular formula is C16H24ClN3S. The first-order chi connectivity index (χ1) is 10.2. The number of nitrogens with one attached hydrogen (secondary N) is 2. The Morgan fingerprint density at radius 2 is 1.71 bits per heavy atom. The standard InChI is InChI=1S/C16H24ClN3S/c17-15-6-4-14(5-7-15)8-9-18-16(21)19-10-13-20-11-2-1-3-12-20/h4-7H,1-3,8-13H2,(H2,18,19,21). The Balaban J connectivity index is 1.54. The molecule has 1 heterocycles. The van der Waals surface area contributed by atoms with Crippen molar-refractivity contribution in [2.75, 3.05) is 32.7 Å². The number of thiocarbonyl (C=S) groups is 1. The number of hydrogen-bond acceptors (Lipinski definition) is 2. The molecule has 1 aliphatic rings. The lowest BCUT2D eigenvalue weighted by Crippen LogP contribution is -2.42. The van der Waals surface area contributed by atoms with Crippen LogP contribution >= 0.6 is 23.8 Å². The van der Waals surface area contributed by atoms with E-state index >= 15 is 0 Å². The van der Waals surface area contributed by atoms with Gasteiger partial charge in [0.1, 0.15) is 0 Å². The number of likely N-dealkylation sites (tertiary alicyclic amines) is 1. The highest BCUT2D eigenvalue weighted by Gasteiger charge is 2.08. The molecule has 0 spiro atoms. The second kappa shape index (κ2) is 9.23. The van der Waals surface area contributed by atoms with Gasteiger partial charge in [-0.2, -0.15) is 0 Å². The first-order valence-corrected chi connectivity index (χ1v) is 8.51. The predicted molar refractivity (Wildman–Crippen MR) is 94.1 cm³/mol. The molecule has 1 aromatic carbocycles. The Hall–Kier alpha value is -0.840. The van der Waals surface area contributed by atoms with Crippen LogP contribution in [0.4, 0.5) is 0 Å². The van der Waals surface area contributed by atoms with Crippen LogP contribution < -0.4 is 10.6 Å². The Bertz CT molecular complexity index is 430. The molecule has 0 amide bonds. The monoisotopic (exact) mass is 325 g/mol. The maximum atomic E-state index is 5.87. The molecule has 0 aliphatic carbocycles. The van der Waals surface area contributed by atoms with Crippen LogP contribution in [0.15, 0.2) is 24.3 Å². The highest BCUT2D eigenvalue weighted by Crippen LogP contribution is 2.09. The normalized spacial score (nSPS) is 15.7. The summed E-state index contributed by atoms with van der Waals surface area (Å²) in [6.07, 6.45) is 5.01. The van der Waals surface area contributed by atoms with Crippen molar-refractivity contribution in [2.24, 2.45) is 0 Å².